The summed E-state index contributed by atoms with van der Waals surface area (Å²) in [4.78, 5) is 0. The highest BCUT2D eigenvalue weighted by atomic mass is 14.0. The summed E-state index contributed by atoms with van der Waals surface area (Å²) < 4.78 is 0. The standard InChI is InChI=1S/C14H20/c1-3-13(4-2)11-8-12-14-9-6-5-7-10-14/h5-10,12-13H,3-4,11H2,1-2H3. The molecule has 0 N–H and O–H groups in total. The molecule has 0 amide bonds. The first kappa shape index (κ1) is 11.0. The van der Waals surface area contributed by atoms with Crippen LogP contribution in [-0.2, 0) is 0 Å². The summed E-state index contributed by atoms with van der Waals surface area (Å²) in [5, 5.41) is 0. The molecule has 0 atom stereocenters. The molecule has 0 saturated carbocycles. The van der Waals surface area contributed by atoms with Crippen molar-refractivity contribution in [3.63, 3.8) is 0 Å². The van der Waals surface area contributed by atoms with Crippen LogP contribution in [0.4, 0.5) is 0 Å². The Morgan fingerprint density at radius 2 is 1.71 bits per heavy atom. The van der Waals surface area contributed by atoms with Gasteiger partial charge in [-0.3, -0.25) is 0 Å². The molecule has 1 aromatic carbocycles. The minimum absolute atomic E-state index is 0.856. The summed E-state index contributed by atoms with van der Waals surface area (Å²) in [6.07, 6.45) is 8.30. The van der Waals surface area contributed by atoms with Crippen molar-refractivity contribution in [2.45, 2.75) is 33.1 Å². The Labute approximate surface area is 87.7 Å². The monoisotopic (exact) mass is 188 g/mol. The van der Waals surface area contributed by atoms with E-state index in [2.05, 4.69) is 56.3 Å². The molecule has 0 saturated heterocycles. The van der Waals surface area contributed by atoms with Gasteiger partial charge >= 0.3 is 0 Å². The van der Waals surface area contributed by atoms with Gasteiger partial charge in [0.25, 0.3) is 0 Å². The summed E-state index contributed by atoms with van der Waals surface area (Å²) >= 11 is 0. The van der Waals surface area contributed by atoms with Crippen molar-refractivity contribution in [2.24, 2.45) is 5.92 Å². The fourth-order valence-electron chi connectivity index (χ4n) is 1.58. The highest BCUT2D eigenvalue weighted by Crippen LogP contribution is 2.14. The van der Waals surface area contributed by atoms with Gasteiger partial charge < -0.3 is 0 Å². The van der Waals surface area contributed by atoms with Crippen molar-refractivity contribution in [3.8, 4) is 0 Å². The van der Waals surface area contributed by atoms with Crippen molar-refractivity contribution in [3.05, 3.63) is 42.0 Å². The van der Waals surface area contributed by atoms with Crippen molar-refractivity contribution >= 4 is 6.08 Å². The smallest absolute Gasteiger partial charge is 0.0260 e. The van der Waals surface area contributed by atoms with E-state index >= 15 is 0 Å². The van der Waals surface area contributed by atoms with E-state index in [1.165, 1.54) is 24.8 Å². The molecule has 0 aliphatic rings. The molecule has 0 nitrogen and oxygen atoms in total. The normalized spacial score (nSPS) is 11.4. The van der Waals surface area contributed by atoms with Gasteiger partial charge in [-0.05, 0) is 17.9 Å². The quantitative estimate of drug-likeness (QED) is 0.637. The Morgan fingerprint density at radius 3 is 2.29 bits per heavy atom. The predicted molar refractivity (Wildman–Crippen MR) is 64.2 cm³/mol. The maximum atomic E-state index is 2.30. The first-order valence-electron chi connectivity index (χ1n) is 5.58. The Kier molecular flexibility index (Phi) is 5.06. The van der Waals surface area contributed by atoms with Crippen LogP contribution in [0.3, 0.4) is 0 Å². The molecule has 0 spiro atoms. The molecule has 1 rings (SSSR count). The van der Waals surface area contributed by atoms with Crippen LogP contribution >= 0.6 is 0 Å². The lowest BCUT2D eigenvalue weighted by atomic mass is 9.99. The third-order valence-electron chi connectivity index (χ3n) is 2.73. The summed E-state index contributed by atoms with van der Waals surface area (Å²) in [5.74, 6) is 0.856. The number of hydrogen-bond donors (Lipinski definition) is 0. The molecule has 0 heterocycles. The molecule has 14 heavy (non-hydrogen) atoms. The van der Waals surface area contributed by atoms with Crippen LogP contribution in [0.15, 0.2) is 36.4 Å². The van der Waals surface area contributed by atoms with Gasteiger partial charge in [0.15, 0.2) is 0 Å². The van der Waals surface area contributed by atoms with Crippen molar-refractivity contribution in [1.29, 1.82) is 0 Å². The Bertz CT molecular complexity index is 255. The van der Waals surface area contributed by atoms with Crippen molar-refractivity contribution in [2.75, 3.05) is 0 Å². The third-order valence-corrected chi connectivity index (χ3v) is 2.73. The van der Waals surface area contributed by atoms with Gasteiger partial charge in [-0.25, -0.2) is 0 Å². The highest BCUT2D eigenvalue weighted by Gasteiger charge is 1.98. The molecule has 0 fully saturated rings. The van der Waals surface area contributed by atoms with E-state index in [9.17, 15) is 0 Å². The van der Waals surface area contributed by atoms with Gasteiger partial charge in [-0.15, -0.1) is 0 Å². The van der Waals surface area contributed by atoms with Crippen LogP contribution in [0.5, 0.6) is 0 Å². The minimum atomic E-state index is 0.856. The second-order valence-corrected chi connectivity index (χ2v) is 3.73. The summed E-state index contributed by atoms with van der Waals surface area (Å²) in [6.45, 7) is 4.54. The van der Waals surface area contributed by atoms with Gasteiger partial charge in [0.1, 0.15) is 0 Å². The second-order valence-electron chi connectivity index (χ2n) is 3.73. The number of rotatable bonds is 5. The maximum absolute atomic E-state index is 2.30. The average Bonchev–Trinajstić information content (AvgIpc) is 2.26. The molecular formula is C14H20. The largest absolute Gasteiger partial charge is 0.0837 e. The van der Waals surface area contributed by atoms with Crippen molar-refractivity contribution < 1.29 is 0 Å². The molecule has 0 unspecified atom stereocenters. The van der Waals surface area contributed by atoms with Gasteiger partial charge in [0, 0.05) is 0 Å². The Balaban J connectivity index is 2.41. The summed E-state index contributed by atoms with van der Waals surface area (Å²) in [5.41, 5.74) is 1.30. The van der Waals surface area contributed by atoms with Crippen LogP contribution in [0.2, 0.25) is 0 Å². The van der Waals surface area contributed by atoms with E-state index in [4.69, 9.17) is 0 Å². The lowest BCUT2D eigenvalue weighted by Crippen LogP contribution is -1.93. The molecule has 76 valence electrons. The van der Waals surface area contributed by atoms with Crippen LogP contribution in [-0.4, -0.2) is 0 Å². The van der Waals surface area contributed by atoms with Gasteiger partial charge in [-0.2, -0.15) is 0 Å². The van der Waals surface area contributed by atoms with Gasteiger partial charge in [0.2, 0.25) is 0 Å². The average molecular weight is 188 g/mol. The van der Waals surface area contributed by atoms with Crippen molar-refractivity contribution in [1.82, 2.24) is 0 Å². The third kappa shape index (κ3) is 3.78. The molecule has 0 radical (unpaired) electrons. The summed E-state index contributed by atoms with van der Waals surface area (Å²) in [6, 6.07) is 10.5. The minimum Gasteiger partial charge on any atom is -0.0837 e. The van der Waals surface area contributed by atoms with E-state index in [0.29, 0.717) is 0 Å². The Hall–Kier alpha value is -1.04. The zero-order valence-electron chi connectivity index (χ0n) is 9.24. The molecular weight excluding hydrogens is 168 g/mol. The van der Waals surface area contributed by atoms with Crippen LogP contribution < -0.4 is 0 Å². The molecule has 0 aliphatic carbocycles. The van der Waals surface area contributed by atoms with E-state index < -0.39 is 0 Å². The SMILES string of the molecule is CCC(CC)CC=Cc1ccccc1. The molecule has 0 aromatic heterocycles. The first-order chi connectivity index (χ1) is 6.86. The van der Waals surface area contributed by atoms with Crippen LogP contribution in [0, 0.1) is 5.92 Å². The number of hydrogen-bond acceptors (Lipinski definition) is 0. The second kappa shape index (κ2) is 6.42. The topological polar surface area (TPSA) is 0 Å². The van der Waals surface area contributed by atoms with E-state index in [-0.39, 0.29) is 0 Å². The molecule has 0 aliphatic heterocycles. The zero-order valence-corrected chi connectivity index (χ0v) is 9.24. The predicted octanol–water partition coefficient (Wildman–Crippen LogP) is 4.53. The van der Waals surface area contributed by atoms with E-state index in [1.54, 1.807) is 0 Å². The van der Waals surface area contributed by atoms with Crippen LogP contribution in [0.1, 0.15) is 38.7 Å². The zero-order chi connectivity index (χ0) is 10.2. The Morgan fingerprint density at radius 1 is 1.07 bits per heavy atom. The number of benzene rings is 1. The van der Waals surface area contributed by atoms with E-state index in [1.807, 2.05) is 0 Å². The fraction of sp³-hybridized carbons (Fsp3) is 0.429. The maximum Gasteiger partial charge on any atom is -0.0260 e. The lowest BCUT2D eigenvalue weighted by Gasteiger charge is -2.07. The lowest BCUT2D eigenvalue weighted by molar-refractivity contribution is 0.500. The highest BCUT2D eigenvalue weighted by molar-refractivity contribution is 5.48. The number of allylic oxidation sites excluding steroid dienone is 1. The van der Waals surface area contributed by atoms with Gasteiger partial charge in [-0.1, -0.05) is 69.2 Å². The molecule has 0 heteroatoms. The fourth-order valence-corrected chi connectivity index (χ4v) is 1.58. The van der Waals surface area contributed by atoms with E-state index in [0.717, 1.165) is 5.92 Å². The van der Waals surface area contributed by atoms with Gasteiger partial charge in [0.05, 0.1) is 0 Å². The van der Waals surface area contributed by atoms with Crippen LogP contribution in [0.25, 0.3) is 6.08 Å². The first-order valence-corrected chi connectivity index (χ1v) is 5.58. The molecule has 0 bridgehead atoms. The molecule has 1 aromatic rings. The summed E-state index contributed by atoms with van der Waals surface area (Å²) in [7, 11) is 0.